The summed E-state index contributed by atoms with van der Waals surface area (Å²) in [4.78, 5) is 11.8. The number of nitrogens with zero attached hydrogens (tertiary/aromatic N) is 1. The molecule has 3 aromatic carbocycles. The number of hydrazone groups is 1. The van der Waals surface area contributed by atoms with Crippen molar-refractivity contribution in [1.82, 2.24) is 5.43 Å². The first-order valence-electron chi connectivity index (χ1n) is 9.02. The number of benzene rings is 3. The Morgan fingerprint density at radius 1 is 0.929 bits per heavy atom. The van der Waals surface area contributed by atoms with Crippen LogP contribution in [0.4, 0.5) is 0 Å². The van der Waals surface area contributed by atoms with Crippen LogP contribution in [0.15, 0.2) is 84.0 Å². The summed E-state index contributed by atoms with van der Waals surface area (Å²) >= 11 is 5.87. The fourth-order valence-electron chi connectivity index (χ4n) is 2.53. The van der Waals surface area contributed by atoms with Gasteiger partial charge >= 0.3 is 0 Å². The molecule has 3 aromatic rings. The molecule has 1 amide bonds. The predicted octanol–water partition coefficient (Wildman–Crippen LogP) is 5.00. The molecule has 142 valence electrons. The summed E-state index contributed by atoms with van der Waals surface area (Å²) in [5.41, 5.74) is 5.62. The second kappa shape index (κ2) is 10.3. The van der Waals surface area contributed by atoms with Crippen LogP contribution in [0.1, 0.15) is 23.1 Å². The van der Waals surface area contributed by atoms with E-state index >= 15 is 0 Å². The minimum Gasteiger partial charge on any atom is -0.489 e. The van der Waals surface area contributed by atoms with Crippen molar-refractivity contribution in [2.24, 2.45) is 5.10 Å². The third-order valence-electron chi connectivity index (χ3n) is 4.09. The van der Waals surface area contributed by atoms with Crippen molar-refractivity contribution >= 4 is 23.7 Å². The van der Waals surface area contributed by atoms with Gasteiger partial charge in [-0.1, -0.05) is 54.1 Å². The van der Waals surface area contributed by atoms with Crippen molar-refractivity contribution in [2.45, 2.75) is 19.4 Å². The molecule has 28 heavy (non-hydrogen) atoms. The molecule has 3 rings (SSSR count). The van der Waals surface area contributed by atoms with E-state index in [-0.39, 0.29) is 5.91 Å². The third kappa shape index (κ3) is 6.56. The smallest absolute Gasteiger partial charge is 0.240 e. The molecular formula is C23H21ClN2O2. The van der Waals surface area contributed by atoms with E-state index in [1.807, 2.05) is 78.9 Å². The van der Waals surface area contributed by atoms with Crippen LogP contribution >= 0.6 is 11.6 Å². The van der Waals surface area contributed by atoms with E-state index in [2.05, 4.69) is 10.5 Å². The zero-order valence-corrected chi connectivity index (χ0v) is 16.1. The number of carbonyl (C=O) groups is 1. The quantitative estimate of drug-likeness (QED) is 0.433. The molecule has 0 bridgehead atoms. The van der Waals surface area contributed by atoms with Gasteiger partial charge in [0.25, 0.3) is 0 Å². The van der Waals surface area contributed by atoms with E-state index in [4.69, 9.17) is 16.3 Å². The highest BCUT2D eigenvalue weighted by molar-refractivity contribution is 6.30. The van der Waals surface area contributed by atoms with Gasteiger partial charge in [0.1, 0.15) is 12.4 Å². The van der Waals surface area contributed by atoms with Crippen LogP contribution < -0.4 is 10.2 Å². The zero-order chi connectivity index (χ0) is 19.6. The Labute approximate surface area is 169 Å². The van der Waals surface area contributed by atoms with Gasteiger partial charge in [-0.05, 0) is 59.5 Å². The molecule has 0 aromatic heterocycles. The van der Waals surface area contributed by atoms with Crippen molar-refractivity contribution in [3.63, 3.8) is 0 Å². The van der Waals surface area contributed by atoms with Crippen LogP contribution in [-0.2, 0) is 17.8 Å². The van der Waals surface area contributed by atoms with E-state index in [1.165, 1.54) is 0 Å². The average Bonchev–Trinajstić information content (AvgIpc) is 2.73. The van der Waals surface area contributed by atoms with Gasteiger partial charge in [-0.15, -0.1) is 0 Å². The fraction of sp³-hybridized carbons (Fsp3) is 0.130. The van der Waals surface area contributed by atoms with Crippen LogP contribution in [0, 0.1) is 0 Å². The molecule has 0 aliphatic carbocycles. The van der Waals surface area contributed by atoms with E-state index in [1.54, 1.807) is 6.21 Å². The summed E-state index contributed by atoms with van der Waals surface area (Å²) < 4.78 is 5.75. The lowest BCUT2D eigenvalue weighted by Crippen LogP contribution is -2.17. The summed E-state index contributed by atoms with van der Waals surface area (Å²) in [6.45, 7) is 0.474. The Hall–Kier alpha value is -3.11. The van der Waals surface area contributed by atoms with Gasteiger partial charge < -0.3 is 4.74 Å². The molecule has 1 N–H and O–H groups in total. The lowest BCUT2D eigenvalue weighted by Gasteiger charge is -2.06. The molecule has 0 fully saturated rings. The van der Waals surface area contributed by atoms with Crippen molar-refractivity contribution in [2.75, 3.05) is 0 Å². The highest BCUT2D eigenvalue weighted by atomic mass is 35.5. The maximum absolute atomic E-state index is 11.8. The van der Waals surface area contributed by atoms with Crippen LogP contribution in [0.3, 0.4) is 0 Å². The Bertz CT molecular complexity index is 908. The van der Waals surface area contributed by atoms with Crippen LogP contribution in [0.5, 0.6) is 5.75 Å². The van der Waals surface area contributed by atoms with Crippen LogP contribution in [0.2, 0.25) is 5.02 Å². The van der Waals surface area contributed by atoms with Gasteiger partial charge in [-0.25, -0.2) is 5.43 Å². The highest BCUT2D eigenvalue weighted by Crippen LogP contribution is 2.15. The minimum absolute atomic E-state index is 0.108. The van der Waals surface area contributed by atoms with Gasteiger partial charge in [0.2, 0.25) is 5.91 Å². The molecule has 0 saturated carbocycles. The number of carbonyl (C=O) groups excluding carboxylic acids is 1. The summed E-state index contributed by atoms with van der Waals surface area (Å²) in [6, 6.07) is 25.0. The Morgan fingerprint density at radius 2 is 1.64 bits per heavy atom. The van der Waals surface area contributed by atoms with Crippen molar-refractivity contribution in [3.8, 4) is 5.75 Å². The largest absolute Gasteiger partial charge is 0.489 e. The normalized spacial score (nSPS) is 10.8. The van der Waals surface area contributed by atoms with Gasteiger partial charge in [-0.2, -0.15) is 5.10 Å². The van der Waals surface area contributed by atoms with Crippen molar-refractivity contribution in [3.05, 3.63) is 101 Å². The Morgan fingerprint density at radius 3 is 2.36 bits per heavy atom. The second-order valence-electron chi connectivity index (χ2n) is 6.26. The fourth-order valence-corrected chi connectivity index (χ4v) is 2.66. The zero-order valence-electron chi connectivity index (χ0n) is 15.3. The standard InChI is InChI=1S/C23H21ClN2O2/c24-21-11-6-20(7-12-21)17-28-22-13-8-19(9-14-22)16-25-26-23(27)15-10-18-4-2-1-3-5-18/h1-9,11-14,16H,10,15,17H2,(H,26,27)/b25-16-. The summed E-state index contributed by atoms with van der Waals surface area (Å²) in [5.74, 6) is 0.655. The molecule has 0 atom stereocenters. The summed E-state index contributed by atoms with van der Waals surface area (Å²) in [5, 5.41) is 4.72. The highest BCUT2D eigenvalue weighted by Gasteiger charge is 2.01. The molecule has 0 saturated heterocycles. The second-order valence-corrected chi connectivity index (χ2v) is 6.70. The lowest BCUT2D eigenvalue weighted by atomic mass is 10.1. The molecule has 0 radical (unpaired) electrons. The molecule has 5 heteroatoms. The summed E-state index contributed by atoms with van der Waals surface area (Å²) in [6.07, 6.45) is 2.71. The number of halogens is 1. The number of hydrogen-bond acceptors (Lipinski definition) is 3. The Balaban J connectivity index is 1.41. The number of rotatable bonds is 8. The van der Waals surface area contributed by atoms with Crippen LogP contribution in [-0.4, -0.2) is 12.1 Å². The van der Waals surface area contributed by atoms with E-state index in [0.717, 1.165) is 22.4 Å². The SMILES string of the molecule is O=C(CCc1ccccc1)N/N=C\c1ccc(OCc2ccc(Cl)cc2)cc1. The monoisotopic (exact) mass is 392 g/mol. The van der Waals surface area contributed by atoms with E-state index in [0.29, 0.717) is 24.5 Å². The summed E-state index contributed by atoms with van der Waals surface area (Å²) in [7, 11) is 0. The third-order valence-corrected chi connectivity index (χ3v) is 4.34. The van der Waals surface area contributed by atoms with Crippen molar-refractivity contribution in [1.29, 1.82) is 0 Å². The first-order valence-corrected chi connectivity index (χ1v) is 9.40. The number of ether oxygens (including phenoxy) is 1. The molecule has 0 aliphatic rings. The van der Waals surface area contributed by atoms with E-state index < -0.39 is 0 Å². The molecule has 4 nitrogen and oxygen atoms in total. The number of amides is 1. The average molecular weight is 393 g/mol. The van der Waals surface area contributed by atoms with Crippen LogP contribution in [0.25, 0.3) is 0 Å². The van der Waals surface area contributed by atoms with Crippen molar-refractivity contribution < 1.29 is 9.53 Å². The number of nitrogens with one attached hydrogen (secondary N) is 1. The Kier molecular flexibility index (Phi) is 7.21. The number of aryl methyl sites for hydroxylation is 1. The predicted molar refractivity (Wildman–Crippen MR) is 113 cm³/mol. The van der Waals surface area contributed by atoms with E-state index in [9.17, 15) is 4.79 Å². The molecule has 0 aliphatic heterocycles. The topological polar surface area (TPSA) is 50.7 Å². The molecular weight excluding hydrogens is 372 g/mol. The maximum atomic E-state index is 11.8. The minimum atomic E-state index is -0.108. The maximum Gasteiger partial charge on any atom is 0.240 e. The van der Waals surface area contributed by atoms with Gasteiger partial charge in [-0.3, -0.25) is 4.79 Å². The number of hydrogen-bond donors (Lipinski definition) is 1. The van der Waals surface area contributed by atoms with Gasteiger partial charge in [0.15, 0.2) is 0 Å². The van der Waals surface area contributed by atoms with Gasteiger partial charge in [0, 0.05) is 11.4 Å². The van der Waals surface area contributed by atoms with Gasteiger partial charge in [0.05, 0.1) is 6.21 Å². The molecule has 0 heterocycles. The molecule has 0 unspecified atom stereocenters. The first-order chi connectivity index (χ1) is 13.7. The molecule has 0 spiro atoms. The lowest BCUT2D eigenvalue weighted by molar-refractivity contribution is -0.121. The first kappa shape index (κ1) is 19.6.